The molecule has 0 atom stereocenters. The Labute approximate surface area is 237 Å². The van der Waals surface area contributed by atoms with Gasteiger partial charge in [-0.05, 0) is 49.4 Å². The maximum Gasteiger partial charge on any atom is 0.280 e. The van der Waals surface area contributed by atoms with Gasteiger partial charge in [0.1, 0.15) is 21.2 Å². The Kier molecular flexibility index (Phi) is 7.54. The Hall–Kier alpha value is -3.58. The summed E-state index contributed by atoms with van der Waals surface area (Å²) in [7, 11) is 0. The number of halogens is 4. The van der Waals surface area contributed by atoms with Gasteiger partial charge in [-0.15, -0.1) is 22.7 Å². The zero-order chi connectivity index (χ0) is 27.8. The van der Waals surface area contributed by atoms with Crippen LogP contribution in [0.4, 0.5) is 14.5 Å². The molecular weight excluding hydrogens is 591 g/mol. The highest BCUT2D eigenvalue weighted by Crippen LogP contribution is 2.44. The number of hydrogen-bond acceptors (Lipinski definition) is 7. The fraction of sp³-hybridized carbons (Fsp3) is 0.120. The molecule has 0 bridgehead atoms. The van der Waals surface area contributed by atoms with Crippen LogP contribution in [0.3, 0.4) is 0 Å². The van der Waals surface area contributed by atoms with E-state index in [0.29, 0.717) is 31.6 Å². The largest absolute Gasteiger partial charge is 0.470 e. The number of nitrogens with two attached hydrogens (primary N) is 1. The van der Waals surface area contributed by atoms with E-state index in [1.807, 2.05) is 13.0 Å². The minimum atomic E-state index is -2.83. The summed E-state index contributed by atoms with van der Waals surface area (Å²) in [6.45, 7) is 1.83. The Morgan fingerprint density at radius 2 is 1.95 bits per heavy atom. The van der Waals surface area contributed by atoms with Crippen LogP contribution in [0.25, 0.3) is 20.7 Å². The quantitative estimate of drug-likeness (QED) is 0.194. The molecule has 2 amide bonds. The molecule has 4 heterocycles. The van der Waals surface area contributed by atoms with Gasteiger partial charge in [-0.3, -0.25) is 9.59 Å². The second kappa shape index (κ2) is 10.9. The lowest BCUT2D eigenvalue weighted by Crippen LogP contribution is -2.17. The lowest BCUT2D eigenvalue weighted by molar-refractivity contribution is 0.100. The van der Waals surface area contributed by atoms with Crippen molar-refractivity contribution in [3.8, 4) is 16.2 Å². The van der Waals surface area contributed by atoms with E-state index in [0.717, 1.165) is 16.2 Å². The van der Waals surface area contributed by atoms with Crippen molar-refractivity contribution in [1.82, 2.24) is 14.8 Å². The van der Waals surface area contributed by atoms with Gasteiger partial charge in [-0.25, -0.2) is 18.4 Å². The zero-order valence-electron chi connectivity index (χ0n) is 19.9. The summed E-state index contributed by atoms with van der Waals surface area (Å²) < 4.78 is 34.3. The lowest BCUT2D eigenvalue weighted by atomic mass is 10.1. The number of carbonyl (C=O) groups is 2. The van der Waals surface area contributed by atoms with Crippen LogP contribution in [0.15, 0.2) is 48.7 Å². The van der Waals surface area contributed by atoms with Crippen LogP contribution in [0, 0.1) is 6.92 Å². The maximum absolute atomic E-state index is 13.7. The van der Waals surface area contributed by atoms with Crippen molar-refractivity contribution in [3.05, 3.63) is 79.8 Å². The molecule has 0 saturated heterocycles. The smallest absolute Gasteiger partial charge is 0.280 e. The summed E-state index contributed by atoms with van der Waals surface area (Å²) in [5.74, 6) is -1.10. The van der Waals surface area contributed by atoms with Gasteiger partial charge >= 0.3 is 0 Å². The summed E-state index contributed by atoms with van der Waals surface area (Å²) in [5, 5.41) is 8.02. The molecule has 200 valence electrons. The normalized spacial score (nSPS) is 11.3. The van der Waals surface area contributed by atoms with Crippen LogP contribution in [-0.2, 0) is 6.73 Å². The minimum Gasteiger partial charge on any atom is -0.470 e. The molecule has 0 aliphatic heterocycles. The molecule has 0 saturated carbocycles. The number of benzene rings is 1. The molecule has 0 aliphatic rings. The monoisotopic (exact) mass is 607 g/mol. The molecule has 4 aromatic heterocycles. The molecule has 8 nitrogen and oxygen atoms in total. The summed E-state index contributed by atoms with van der Waals surface area (Å²) in [6, 6.07) is 11.1. The minimum absolute atomic E-state index is 0.0150. The van der Waals surface area contributed by atoms with Gasteiger partial charge in [0.15, 0.2) is 12.4 Å². The van der Waals surface area contributed by atoms with Crippen LogP contribution in [-0.4, -0.2) is 26.6 Å². The highest BCUT2D eigenvalue weighted by atomic mass is 35.5. The number of carbonyl (C=O) groups excluding carboxylic acids is 2. The number of thiophene rings is 2. The number of aromatic nitrogens is 3. The predicted molar refractivity (Wildman–Crippen MR) is 148 cm³/mol. The SMILES string of the molecule is Cc1ccc(-c2cc(C(F)F)nc3sc(C(N)=O)c(NC(=O)c4ccn(COc5ccc(Cl)cc5Cl)n4)c23)s1. The molecule has 0 fully saturated rings. The molecule has 39 heavy (non-hydrogen) atoms. The number of aryl methyl sites for hydroxylation is 1. The number of hydrogen-bond donors (Lipinski definition) is 2. The average Bonchev–Trinajstić information content (AvgIpc) is 3.62. The number of pyridine rings is 1. The second-order valence-corrected chi connectivity index (χ2v) is 11.3. The van der Waals surface area contributed by atoms with E-state index in [1.165, 1.54) is 40.4 Å². The van der Waals surface area contributed by atoms with Crippen molar-refractivity contribution < 1.29 is 23.1 Å². The van der Waals surface area contributed by atoms with E-state index in [4.69, 9.17) is 33.7 Å². The number of amides is 2. The van der Waals surface area contributed by atoms with Crippen LogP contribution in [0.2, 0.25) is 10.0 Å². The van der Waals surface area contributed by atoms with Crippen LogP contribution >= 0.6 is 45.9 Å². The molecule has 0 spiro atoms. The lowest BCUT2D eigenvalue weighted by Gasteiger charge is -2.09. The third-order valence-corrected chi connectivity index (χ3v) is 8.16. The first-order valence-electron chi connectivity index (χ1n) is 11.2. The van der Waals surface area contributed by atoms with E-state index in [2.05, 4.69) is 15.4 Å². The highest BCUT2D eigenvalue weighted by Gasteiger charge is 2.26. The molecule has 3 N–H and O–H groups in total. The fourth-order valence-electron chi connectivity index (χ4n) is 3.76. The zero-order valence-corrected chi connectivity index (χ0v) is 23.0. The topological polar surface area (TPSA) is 112 Å². The number of nitrogens with one attached hydrogen (secondary N) is 1. The number of fused-ring (bicyclic) bond motifs is 1. The maximum atomic E-state index is 13.7. The highest BCUT2D eigenvalue weighted by molar-refractivity contribution is 7.21. The Balaban J connectivity index is 1.48. The van der Waals surface area contributed by atoms with Crippen molar-refractivity contribution in [3.63, 3.8) is 0 Å². The number of nitrogens with zero attached hydrogens (tertiary/aromatic N) is 3. The third-order valence-electron chi connectivity index (χ3n) is 5.49. The van der Waals surface area contributed by atoms with Crippen molar-refractivity contribution in [2.24, 2.45) is 5.73 Å². The average molecular weight is 608 g/mol. The standard InChI is InChI=1S/C25H17Cl2F2N5O3S2/c1-11-2-5-18(38-11)13-9-16(22(28)29)31-25-19(13)20(21(39-25)23(30)35)32-24(36)15-6-7-34(33-15)10-37-17-4-3-12(26)8-14(17)27/h2-9,22H,10H2,1H3,(H2,30,35)(H,32,36). The number of ether oxygens (including phenoxy) is 1. The second-order valence-electron chi connectivity index (χ2n) is 8.20. The third kappa shape index (κ3) is 5.59. The van der Waals surface area contributed by atoms with E-state index in [1.54, 1.807) is 18.2 Å². The molecule has 5 aromatic rings. The van der Waals surface area contributed by atoms with E-state index in [-0.39, 0.29) is 27.8 Å². The first-order chi connectivity index (χ1) is 18.6. The van der Waals surface area contributed by atoms with Gasteiger partial charge in [-0.2, -0.15) is 5.10 Å². The number of primary amides is 1. The van der Waals surface area contributed by atoms with E-state index >= 15 is 0 Å². The molecular formula is C25H17Cl2F2N5O3S2. The first kappa shape index (κ1) is 27.0. The van der Waals surface area contributed by atoms with Gasteiger partial charge in [0.2, 0.25) is 0 Å². The van der Waals surface area contributed by atoms with Crippen LogP contribution < -0.4 is 15.8 Å². The Bertz CT molecular complexity index is 1730. The van der Waals surface area contributed by atoms with Gasteiger partial charge in [0.25, 0.3) is 18.2 Å². The first-order valence-corrected chi connectivity index (χ1v) is 13.5. The van der Waals surface area contributed by atoms with E-state index in [9.17, 15) is 18.4 Å². The van der Waals surface area contributed by atoms with Crippen molar-refractivity contribution in [2.75, 3.05) is 5.32 Å². The number of anilines is 1. The molecule has 14 heteroatoms. The molecule has 0 unspecified atom stereocenters. The van der Waals surface area contributed by atoms with E-state index < -0.39 is 23.9 Å². The van der Waals surface area contributed by atoms with Gasteiger partial charge < -0.3 is 15.8 Å². The van der Waals surface area contributed by atoms with Gasteiger partial charge in [-0.1, -0.05) is 23.2 Å². The van der Waals surface area contributed by atoms with Gasteiger partial charge in [0, 0.05) is 31.9 Å². The fourth-order valence-corrected chi connectivity index (χ4v) is 6.12. The van der Waals surface area contributed by atoms with Crippen LogP contribution in [0.1, 0.15) is 37.2 Å². The summed E-state index contributed by atoms with van der Waals surface area (Å²) in [4.78, 5) is 31.3. The predicted octanol–water partition coefficient (Wildman–Crippen LogP) is 7.16. The molecule has 0 radical (unpaired) electrons. The summed E-state index contributed by atoms with van der Waals surface area (Å²) in [6.07, 6.45) is -1.31. The van der Waals surface area contributed by atoms with Crippen LogP contribution in [0.5, 0.6) is 5.75 Å². The molecule has 1 aromatic carbocycles. The Morgan fingerprint density at radius 1 is 1.15 bits per heavy atom. The van der Waals surface area contributed by atoms with Gasteiger partial charge in [0.05, 0.1) is 10.7 Å². The summed E-state index contributed by atoms with van der Waals surface area (Å²) >= 11 is 14.2. The van der Waals surface area contributed by atoms with Crippen molar-refractivity contribution >= 4 is 73.6 Å². The molecule has 5 rings (SSSR count). The number of rotatable bonds is 8. The summed E-state index contributed by atoms with van der Waals surface area (Å²) in [5.41, 5.74) is 5.66. The number of alkyl halides is 2. The van der Waals surface area contributed by atoms with Crippen molar-refractivity contribution in [1.29, 1.82) is 0 Å². The molecule has 0 aliphatic carbocycles. The Morgan fingerprint density at radius 3 is 2.62 bits per heavy atom. The van der Waals surface area contributed by atoms with Crippen molar-refractivity contribution in [2.45, 2.75) is 20.1 Å².